The van der Waals surface area contributed by atoms with Gasteiger partial charge in [-0.15, -0.1) is 0 Å². The fourth-order valence-corrected chi connectivity index (χ4v) is 6.21. The van der Waals surface area contributed by atoms with E-state index in [0.717, 1.165) is 11.5 Å². The van der Waals surface area contributed by atoms with Gasteiger partial charge in [-0.25, -0.2) is 0 Å². The van der Waals surface area contributed by atoms with Crippen molar-refractivity contribution in [3.8, 4) is 0 Å². The third-order valence-corrected chi connectivity index (χ3v) is 8.73. The highest BCUT2D eigenvalue weighted by atomic mass is 32.7. The van der Waals surface area contributed by atoms with Crippen molar-refractivity contribution in [2.24, 2.45) is 5.41 Å². The van der Waals surface area contributed by atoms with Gasteiger partial charge in [-0.2, -0.15) is 0 Å². The van der Waals surface area contributed by atoms with Crippen LogP contribution in [0.15, 0.2) is 0 Å². The van der Waals surface area contributed by atoms with Crippen LogP contribution in [0.2, 0.25) is 0 Å². The van der Waals surface area contributed by atoms with E-state index in [-0.39, 0.29) is 11.5 Å². The largest absolute Gasteiger partial charge is 0.318 e. The predicted octanol–water partition coefficient (Wildman–Crippen LogP) is 4.26. The Morgan fingerprint density at radius 3 is 2.35 bits per heavy atom. The normalized spacial score (nSPS) is 19.7. The van der Waals surface area contributed by atoms with Crippen LogP contribution in [0.25, 0.3) is 0 Å². The van der Waals surface area contributed by atoms with Crippen LogP contribution < -0.4 is 0 Å². The van der Waals surface area contributed by atoms with Crippen LogP contribution in [0.1, 0.15) is 34.6 Å². The molecular formula is C12H28O2PS2+. The third-order valence-electron chi connectivity index (χ3n) is 2.82. The summed E-state index contributed by atoms with van der Waals surface area (Å²) in [6, 6.07) is 0. The van der Waals surface area contributed by atoms with Crippen molar-refractivity contribution in [2.75, 3.05) is 30.2 Å². The van der Waals surface area contributed by atoms with Crippen LogP contribution >= 0.6 is 18.0 Å². The molecule has 0 aliphatic carbocycles. The molecule has 0 aromatic heterocycles. The molecule has 5 heteroatoms. The summed E-state index contributed by atoms with van der Waals surface area (Å²) in [5.74, 6) is 3.30. The minimum Gasteiger partial charge on any atom is -0.318 e. The van der Waals surface area contributed by atoms with Crippen LogP contribution in [-0.4, -0.2) is 36.3 Å². The molecule has 0 rings (SSSR count). The van der Waals surface area contributed by atoms with Crippen molar-refractivity contribution in [3.05, 3.63) is 0 Å². The van der Waals surface area contributed by atoms with Gasteiger partial charge in [0.25, 0.3) is 6.57 Å². The van der Waals surface area contributed by atoms with E-state index in [0.29, 0.717) is 10.9 Å². The van der Waals surface area contributed by atoms with Gasteiger partial charge in [0.1, 0.15) is 11.5 Å². The standard InChI is InChI=1S/C12H28O2PS2/c1-8-17(7)10-9-16-15(6,13)14-11(2)12(3,4)5/h11H,8-10H2,1-7H3/q+1. The van der Waals surface area contributed by atoms with Crippen molar-refractivity contribution in [2.45, 2.75) is 40.7 Å². The average molecular weight is 299 g/mol. The van der Waals surface area contributed by atoms with Gasteiger partial charge in [0.05, 0.1) is 12.4 Å². The van der Waals surface area contributed by atoms with E-state index in [1.54, 1.807) is 6.66 Å². The van der Waals surface area contributed by atoms with E-state index in [4.69, 9.17) is 4.52 Å². The Balaban J connectivity index is 4.08. The molecule has 104 valence electrons. The van der Waals surface area contributed by atoms with E-state index in [2.05, 4.69) is 34.0 Å². The molecule has 0 N–H and O–H groups in total. The molecule has 3 unspecified atom stereocenters. The monoisotopic (exact) mass is 299 g/mol. The van der Waals surface area contributed by atoms with Gasteiger partial charge in [0.15, 0.2) is 0 Å². The van der Waals surface area contributed by atoms with E-state index in [1.807, 2.05) is 6.92 Å². The molecule has 0 saturated carbocycles. The first-order chi connectivity index (χ1) is 7.58. The zero-order valence-electron chi connectivity index (χ0n) is 12.3. The van der Waals surface area contributed by atoms with Crippen molar-refractivity contribution in [1.82, 2.24) is 0 Å². The topological polar surface area (TPSA) is 26.3 Å². The second-order valence-electron chi connectivity index (χ2n) is 5.49. The molecule has 3 atom stereocenters. The van der Waals surface area contributed by atoms with Crippen molar-refractivity contribution >= 4 is 28.8 Å². The second-order valence-corrected chi connectivity index (χ2v) is 13.2. The Hall–Kier alpha value is 0.890. The van der Waals surface area contributed by atoms with Gasteiger partial charge in [0.2, 0.25) is 0 Å². The summed E-state index contributed by atoms with van der Waals surface area (Å²) < 4.78 is 18.0. The summed E-state index contributed by atoms with van der Waals surface area (Å²) in [6.07, 6.45) is 2.29. The van der Waals surface area contributed by atoms with E-state index in [1.165, 1.54) is 17.1 Å². The van der Waals surface area contributed by atoms with Gasteiger partial charge < -0.3 is 4.52 Å². The Kier molecular flexibility index (Phi) is 7.86. The fraction of sp³-hybridized carbons (Fsp3) is 1.00. The summed E-state index contributed by atoms with van der Waals surface area (Å²) in [6.45, 7) is 9.81. The van der Waals surface area contributed by atoms with Gasteiger partial charge in [-0.05, 0) is 30.2 Å². The summed E-state index contributed by atoms with van der Waals surface area (Å²) in [7, 11) is 0.461. The van der Waals surface area contributed by atoms with Crippen molar-refractivity contribution in [1.29, 1.82) is 0 Å². The lowest BCUT2D eigenvalue weighted by Crippen LogP contribution is -2.24. The first-order valence-corrected chi connectivity index (χ1v) is 11.7. The SMILES string of the molecule is CC[S+](C)CCSP(C)(=O)OC(C)C(C)(C)C. The Morgan fingerprint density at radius 2 is 1.94 bits per heavy atom. The lowest BCUT2D eigenvalue weighted by atomic mass is 9.91. The summed E-state index contributed by atoms with van der Waals surface area (Å²) in [4.78, 5) is 0. The highest BCUT2D eigenvalue weighted by molar-refractivity contribution is 8.56. The number of hydrogen-bond donors (Lipinski definition) is 0. The van der Waals surface area contributed by atoms with Crippen LogP contribution in [0, 0.1) is 5.41 Å². The minimum atomic E-state index is -2.49. The molecule has 0 bridgehead atoms. The lowest BCUT2D eigenvalue weighted by Gasteiger charge is -2.29. The maximum Gasteiger partial charge on any atom is 0.255 e. The minimum absolute atomic E-state index is 0.0249. The van der Waals surface area contributed by atoms with E-state index in [9.17, 15) is 4.57 Å². The van der Waals surface area contributed by atoms with Crippen molar-refractivity contribution in [3.63, 3.8) is 0 Å². The zero-order valence-corrected chi connectivity index (χ0v) is 14.8. The van der Waals surface area contributed by atoms with Crippen LogP contribution in [0.5, 0.6) is 0 Å². The smallest absolute Gasteiger partial charge is 0.255 e. The van der Waals surface area contributed by atoms with Gasteiger partial charge in [-0.3, -0.25) is 4.57 Å². The molecule has 2 nitrogen and oxygen atoms in total. The molecule has 0 aromatic carbocycles. The lowest BCUT2D eigenvalue weighted by molar-refractivity contribution is 0.112. The molecule has 0 aliphatic rings. The molecule has 0 aliphatic heterocycles. The van der Waals surface area contributed by atoms with E-state index < -0.39 is 6.57 Å². The third kappa shape index (κ3) is 8.58. The Bertz CT molecular complexity index is 264. The van der Waals surface area contributed by atoms with Gasteiger partial charge in [-0.1, -0.05) is 32.2 Å². The summed E-state index contributed by atoms with van der Waals surface area (Å²) in [5.41, 5.74) is 0.0463. The maximum atomic E-state index is 12.3. The molecule has 0 spiro atoms. The molecule has 0 radical (unpaired) electrons. The first kappa shape index (κ1) is 17.9. The second kappa shape index (κ2) is 7.47. The average Bonchev–Trinajstić information content (AvgIpc) is 2.14. The van der Waals surface area contributed by atoms with Gasteiger partial charge in [0, 0.05) is 12.4 Å². The number of hydrogen-bond acceptors (Lipinski definition) is 3. The zero-order chi connectivity index (χ0) is 13.7. The molecular weight excluding hydrogens is 271 g/mol. The molecule has 0 amide bonds. The summed E-state index contributed by atoms with van der Waals surface area (Å²) >= 11 is 1.51. The van der Waals surface area contributed by atoms with Crippen LogP contribution in [0.4, 0.5) is 0 Å². The van der Waals surface area contributed by atoms with E-state index >= 15 is 0 Å². The molecule has 0 heterocycles. The summed E-state index contributed by atoms with van der Waals surface area (Å²) in [5, 5.41) is 0. The number of rotatable bonds is 7. The van der Waals surface area contributed by atoms with Crippen molar-refractivity contribution < 1.29 is 9.09 Å². The molecule has 0 fully saturated rings. The Labute approximate surface area is 114 Å². The molecule has 17 heavy (non-hydrogen) atoms. The highest BCUT2D eigenvalue weighted by Gasteiger charge is 2.28. The molecule has 0 aromatic rings. The quantitative estimate of drug-likeness (QED) is 0.519. The highest BCUT2D eigenvalue weighted by Crippen LogP contribution is 2.58. The molecule has 0 saturated heterocycles. The maximum absolute atomic E-state index is 12.3. The van der Waals surface area contributed by atoms with Gasteiger partial charge >= 0.3 is 0 Å². The Morgan fingerprint density at radius 1 is 1.41 bits per heavy atom. The predicted molar refractivity (Wildman–Crippen MR) is 84.7 cm³/mol. The first-order valence-electron chi connectivity index (χ1n) is 6.08. The van der Waals surface area contributed by atoms with Crippen LogP contribution in [0.3, 0.4) is 0 Å². The van der Waals surface area contributed by atoms with Crippen LogP contribution in [-0.2, 0) is 20.0 Å². The fourth-order valence-electron chi connectivity index (χ4n) is 0.965.